The Bertz CT molecular complexity index is 1360. The molecule has 0 saturated heterocycles. The number of hydrogen-bond donors (Lipinski definition) is 4. The zero-order chi connectivity index (χ0) is 22.9. The number of aromatic nitrogens is 3. The molecule has 0 atom stereocenters. The Morgan fingerprint density at radius 3 is 2.79 bits per heavy atom. The van der Waals surface area contributed by atoms with Crippen molar-refractivity contribution < 1.29 is 9.18 Å². The summed E-state index contributed by atoms with van der Waals surface area (Å²) >= 11 is 0. The summed E-state index contributed by atoms with van der Waals surface area (Å²) in [5, 5.41) is 7.68. The molecule has 1 amide bonds. The van der Waals surface area contributed by atoms with Gasteiger partial charge in [-0.05, 0) is 43.7 Å². The van der Waals surface area contributed by atoms with Gasteiger partial charge in [0.2, 0.25) is 0 Å². The minimum Gasteiger partial charge on any atom is -0.366 e. The second-order valence-corrected chi connectivity index (χ2v) is 8.27. The molecule has 1 aliphatic rings. The summed E-state index contributed by atoms with van der Waals surface area (Å²) in [6.07, 6.45) is 1.59. The lowest BCUT2D eigenvalue weighted by atomic mass is 10.0. The summed E-state index contributed by atoms with van der Waals surface area (Å²) in [5.74, 6) is 0.589. The lowest BCUT2D eigenvalue weighted by Crippen LogP contribution is -2.16. The van der Waals surface area contributed by atoms with Gasteiger partial charge in [-0.2, -0.15) is 0 Å². The van der Waals surface area contributed by atoms with Crippen LogP contribution in [0.2, 0.25) is 0 Å². The van der Waals surface area contributed by atoms with Crippen LogP contribution < -0.4 is 16.4 Å². The normalized spacial score (nSPS) is 13.5. The summed E-state index contributed by atoms with van der Waals surface area (Å²) in [6, 6.07) is 12.0. The molecule has 4 aromatic rings. The van der Waals surface area contributed by atoms with Gasteiger partial charge in [-0.1, -0.05) is 24.3 Å². The summed E-state index contributed by atoms with van der Waals surface area (Å²) in [5.41, 5.74) is 11.3. The highest BCUT2D eigenvalue weighted by atomic mass is 19.1. The maximum absolute atomic E-state index is 13.7. The number of para-hydroxylation sites is 1. The fourth-order valence-corrected chi connectivity index (χ4v) is 4.48. The third-order valence-corrected chi connectivity index (χ3v) is 6.04. The Morgan fingerprint density at radius 2 is 1.97 bits per heavy atom. The van der Waals surface area contributed by atoms with E-state index in [0.29, 0.717) is 23.4 Å². The molecule has 0 spiro atoms. The van der Waals surface area contributed by atoms with Gasteiger partial charge in [-0.25, -0.2) is 14.4 Å². The quantitative estimate of drug-likeness (QED) is 0.377. The number of carbonyl (C=O) groups is 1. The van der Waals surface area contributed by atoms with Crippen LogP contribution in [0.15, 0.2) is 42.5 Å². The fraction of sp³-hybridized carbons (Fsp3) is 0.240. The fourth-order valence-electron chi connectivity index (χ4n) is 4.48. The van der Waals surface area contributed by atoms with E-state index in [9.17, 15) is 9.18 Å². The Hall–Kier alpha value is -3.78. The monoisotopic (exact) mass is 444 g/mol. The molecule has 33 heavy (non-hydrogen) atoms. The van der Waals surface area contributed by atoms with E-state index in [0.717, 1.165) is 65.2 Å². The lowest BCUT2D eigenvalue weighted by molar-refractivity contribution is 0.100. The van der Waals surface area contributed by atoms with Crippen LogP contribution in [0.4, 0.5) is 10.2 Å². The van der Waals surface area contributed by atoms with Gasteiger partial charge >= 0.3 is 0 Å². The van der Waals surface area contributed by atoms with E-state index in [-0.39, 0.29) is 5.82 Å². The lowest BCUT2D eigenvalue weighted by Gasteiger charge is -2.15. The molecule has 168 valence electrons. The molecule has 8 heteroatoms. The number of primary amides is 1. The molecule has 1 aliphatic heterocycles. The van der Waals surface area contributed by atoms with Crippen LogP contribution in [0.3, 0.4) is 0 Å². The summed E-state index contributed by atoms with van der Waals surface area (Å²) in [6.45, 7) is 4.08. The van der Waals surface area contributed by atoms with Crippen molar-refractivity contribution in [2.45, 2.75) is 26.3 Å². The number of rotatable bonds is 5. The van der Waals surface area contributed by atoms with E-state index < -0.39 is 5.91 Å². The number of halogens is 1. The predicted octanol–water partition coefficient (Wildman–Crippen LogP) is 3.47. The smallest absolute Gasteiger partial charge is 0.250 e. The van der Waals surface area contributed by atoms with Crippen LogP contribution in [-0.2, 0) is 19.4 Å². The Labute approximate surface area is 190 Å². The van der Waals surface area contributed by atoms with Gasteiger partial charge in [0, 0.05) is 41.7 Å². The van der Waals surface area contributed by atoms with Gasteiger partial charge < -0.3 is 21.4 Å². The molecule has 0 fully saturated rings. The Balaban J connectivity index is 1.62. The first-order valence-corrected chi connectivity index (χ1v) is 11.0. The molecule has 5 N–H and O–H groups in total. The van der Waals surface area contributed by atoms with Crippen molar-refractivity contribution in [2.24, 2.45) is 5.73 Å². The molecule has 0 aliphatic carbocycles. The molecule has 0 bridgehead atoms. The van der Waals surface area contributed by atoms with Crippen molar-refractivity contribution >= 4 is 22.6 Å². The first kappa shape index (κ1) is 21.1. The second-order valence-electron chi connectivity index (χ2n) is 8.27. The van der Waals surface area contributed by atoms with Crippen molar-refractivity contribution in [3.05, 3.63) is 76.4 Å². The average molecular weight is 445 g/mol. The van der Waals surface area contributed by atoms with Crippen LogP contribution in [0.1, 0.15) is 32.9 Å². The molecule has 2 aromatic carbocycles. The highest BCUT2D eigenvalue weighted by Gasteiger charge is 2.22. The second kappa shape index (κ2) is 8.63. The van der Waals surface area contributed by atoms with Crippen LogP contribution in [0.5, 0.6) is 0 Å². The first-order chi connectivity index (χ1) is 16.0. The zero-order valence-corrected chi connectivity index (χ0v) is 18.3. The highest BCUT2D eigenvalue weighted by Crippen LogP contribution is 2.34. The third-order valence-electron chi connectivity index (χ3n) is 6.04. The number of carbonyl (C=O) groups excluding carboxylic acids is 1. The van der Waals surface area contributed by atoms with Crippen molar-refractivity contribution in [1.82, 2.24) is 20.3 Å². The third kappa shape index (κ3) is 4.05. The number of amides is 1. The number of nitrogens with one attached hydrogen (secondary N) is 3. The number of hydrogen-bond acceptors (Lipinski definition) is 5. The van der Waals surface area contributed by atoms with Crippen LogP contribution >= 0.6 is 0 Å². The predicted molar refractivity (Wildman–Crippen MR) is 127 cm³/mol. The molecule has 0 saturated carbocycles. The number of nitrogens with zero attached hydrogens (tertiary/aromatic N) is 2. The van der Waals surface area contributed by atoms with Gasteiger partial charge in [0.15, 0.2) is 5.82 Å². The van der Waals surface area contributed by atoms with Crippen molar-refractivity contribution in [3.63, 3.8) is 0 Å². The maximum atomic E-state index is 13.7. The summed E-state index contributed by atoms with van der Waals surface area (Å²) in [7, 11) is 0. The van der Waals surface area contributed by atoms with E-state index in [1.807, 2.05) is 25.1 Å². The molecular formula is C25H25FN6O. The molecule has 0 radical (unpaired) electrons. The number of H-pyrrole nitrogens is 1. The van der Waals surface area contributed by atoms with E-state index in [1.165, 1.54) is 12.1 Å². The van der Waals surface area contributed by atoms with E-state index in [4.69, 9.17) is 15.7 Å². The highest BCUT2D eigenvalue weighted by molar-refractivity contribution is 6.09. The van der Waals surface area contributed by atoms with Crippen LogP contribution in [0, 0.1) is 12.7 Å². The van der Waals surface area contributed by atoms with Gasteiger partial charge in [0.1, 0.15) is 11.6 Å². The first-order valence-electron chi connectivity index (χ1n) is 11.0. The Kier molecular flexibility index (Phi) is 5.51. The minimum absolute atomic E-state index is 0.264. The summed E-state index contributed by atoms with van der Waals surface area (Å²) in [4.78, 5) is 25.1. The standard InChI is InChI=1S/C25H25FN6O/c1-14-21(18-6-3-7-19(23(27)33)22(18)30-14)25-31-20-9-11-28-10-8-17(20)24(32-25)29-13-15-4-2-5-16(26)12-15/h2-7,12,28,30H,8-11,13H2,1H3,(H2,27,33)(H,29,31,32). The molecule has 5 rings (SSSR count). The van der Waals surface area contributed by atoms with Gasteiger partial charge in [-0.15, -0.1) is 0 Å². The van der Waals surface area contributed by atoms with E-state index in [1.54, 1.807) is 12.1 Å². The average Bonchev–Trinajstić information content (AvgIpc) is 2.96. The summed E-state index contributed by atoms with van der Waals surface area (Å²) < 4.78 is 13.7. The number of aromatic amines is 1. The number of benzene rings is 2. The topological polar surface area (TPSA) is 109 Å². The van der Waals surface area contributed by atoms with Crippen molar-refractivity contribution in [2.75, 3.05) is 18.4 Å². The number of anilines is 1. The minimum atomic E-state index is -0.486. The van der Waals surface area contributed by atoms with E-state index in [2.05, 4.69) is 15.6 Å². The molecule has 0 unspecified atom stereocenters. The van der Waals surface area contributed by atoms with Crippen molar-refractivity contribution in [1.29, 1.82) is 0 Å². The molecule has 7 nitrogen and oxygen atoms in total. The van der Waals surface area contributed by atoms with E-state index >= 15 is 0 Å². The van der Waals surface area contributed by atoms with Gasteiger partial charge in [0.05, 0.1) is 16.8 Å². The number of fused-ring (bicyclic) bond motifs is 2. The maximum Gasteiger partial charge on any atom is 0.250 e. The Morgan fingerprint density at radius 1 is 1.15 bits per heavy atom. The molecule has 2 aromatic heterocycles. The van der Waals surface area contributed by atoms with Crippen LogP contribution in [-0.4, -0.2) is 33.9 Å². The van der Waals surface area contributed by atoms with Crippen molar-refractivity contribution in [3.8, 4) is 11.4 Å². The van der Waals surface area contributed by atoms with Gasteiger partial charge in [0.25, 0.3) is 5.91 Å². The molecule has 3 heterocycles. The van der Waals surface area contributed by atoms with Gasteiger partial charge in [-0.3, -0.25) is 4.79 Å². The van der Waals surface area contributed by atoms with Crippen LogP contribution in [0.25, 0.3) is 22.3 Å². The number of aryl methyl sites for hydroxylation is 1. The molecular weight excluding hydrogens is 419 g/mol. The largest absolute Gasteiger partial charge is 0.366 e. The SMILES string of the molecule is Cc1[nH]c2c(C(N)=O)cccc2c1-c1nc2c(c(NCc3cccc(F)c3)n1)CCNCC2. The number of nitrogens with two attached hydrogens (primary N) is 1. The zero-order valence-electron chi connectivity index (χ0n) is 18.3.